The third-order valence-corrected chi connectivity index (χ3v) is 0.925. The second kappa shape index (κ2) is 3.22. The largest absolute Gasteiger partial charge is 0.708 e. The van der Waals surface area contributed by atoms with Crippen LogP contribution < -0.4 is 4.73 Å². The Hall–Kier alpha value is -1.03. The summed E-state index contributed by atoms with van der Waals surface area (Å²) >= 11 is 0. The fourth-order valence-corrected chi connectivity index (χ4v) is 0.487. The topological polar surface area (TPSA) is 60.1 Å². The van der Waals surface area contributed by atoms with Gasteiger partial charge < -0.3 is 10.3 Å². The number of hydrogen-bond donors (Lipinski definition) is 1. The van der Waals surface area contributed by atoms with Crippen molar-refractivity contribution < 1.29 is 9.84 Å². The molecule has 0 atom stereocenters. The Labute approximate surface area is 64.1 Å². The first-order chi connectivity index (χ1) is 4.20. The fourth-order valence-electron chi connectivity index (χ4n) is 0.487. The molecule has 1 heterocycles. The zero-order valence-electron chi connectivity index (χ0n) is 5.31. The summed E-state index contributed by atoms with van der Waals surface area (Å²) in [5, 5.41) is 19.0. The van der Waals surface area contributed by atoms with Gasteiger partial charge in [0.25, 0.3) is 0 Å². The minimum atomic E-state index is -0.505. The van der Waals surface area contributed by atoms with Crippen LogP contribution in [0.5, 0.6) is 6.01 Å². The van der Waals surface area contributed by atoms with Crippen LogP contribution in [0.2, 0.25) is 0 Å². The van der Waals surface area contributed by atoms with Gasteiger partial charge in [-0.05, 0) is 4.98 Å². The van der Waals surface area contributed by atoms with E-state index in [1.54, 1.807) is 6.92 Å². The van der Waals surface area contributed by atoms with Crippen LogP contribution in [0.1, 0.15) is 5.69 Å². The van der Waals surface area contributed by atoms with Crippen molar-refractivity contribution in [3.8, 4) is 6.01 Å². The van der Waals surface area contributed by atoms with Gasteiger partial charge in [0.2, 0.25) is 0 Å². The molecule has 0 saturated carbocycles. The molecular formula is C5H7ClN2O2. The summed E-state index contributed by atoms with van der Waals surface area (Å²) in [4.78, 5) is 3.48. The van der Waals surface area contributed by atoms with E-state index >= 15 is 0 Å². The quantitative estimate of drug-likeness (QED) is 0.437. The zero-order valence-corrected chi connectivity index (χ0v) is 6.13. The third kappa shape index (κ3) is 1.73. The van der Waals surface area contributed by atoms with Gasteiger partial charge in [-0.1, -0.05) is 0 Å². The molecule has 10 heavy (non-hydrogen) atoms. The van der Waals surface area contributed by atoms with E-state index in [1.165, 1.54) is 12.3 Å². The lowest BCUT2D eigenvalue weighted by molar-refractivity contribution is -0.617. The molecule has 0 bridgehead atoms. The van der Waals surface area contributed by atoms with Gasteiger partial charge in [0.1, 0.15) is 6.20 Å². The Balaban J connectivity index is 0.000000810. The average Bonchev–Trinajstić information content (AvgIpc) is 1.80. The van der Waals surface area contributed by atoms with Gasteiger partial charge in [0.05, 0.1) is 0 Å². The maximum Gasteiger partial charge on any atom is 0.499 e. The second-order valence-corrected chi connectivity index (χ2v) is 1.69. The van der Waals surface area contributed by atoms with Crippen molar-refractivity contribution in [2.24, 2.45) is 0 Å². The SMILES string of the molecule is Cc1cc[n+]([O-])c(O)n1.Cl. The van der Waals surface area contributed by atoms with Crippen molar-refractivity contribution in [1.29, 1.82) is 0 Å². The summed E-state index contributed by atoms with van der Waals surface area (Å²) in [5.41, 5.74) is 0.625. The highest BCUT2D eigenvalue weighted by atomic mass is 35.5. The van der Waals surface area contributed by atoms with Crippen molar-refractivity contribution in [3.05, 3.63) is 23.2 Å². The van der Waals surface area contributed by atoms with Crippen LogP contribution in [0.3, 0.4) is 0 Å². The van der Waals surface area contributed by atoms with Gasteiger partial charge in [0.15, 0.2) is 5.69 Å². The Morgan fingerprint density at radius 1 is 1.70 bits per heavy atom. The molecule has 0 radical (unpaired) electrons. The summed E-state index contributed by atoms with van der Waals surface area (Å²) in [5.74, 6) is 0. The molecule has 0 amide bonds. The molecule has 1 aromatic heterocycles. The lowest BCUT2D eigenvalue weighted by atomic mass is 10.5. The van der Waals surface area contributed by atoms with E-state index in [-0.39, 0.29) is 12.4 Å². The van der Waals surface area contributed by atoms with Gasteiger partial charge >= 0.3 is 6.01 Å². The highest BCUT2D eigenvalue weighted by molar-refractivity contribution is 5.85. The molecule has 0 unspecified atom stereocenters. The van der Waals surface area contributed by atoms with Gasteiger partial charge in [-0.2, -0.15) is 0 Å². The van der Waals surface area contributed by atoms with Crippen molar-refractivity contribution in [2.75, 3.05) is 0 Å². The van der Waals surface area contributed by atoms with E-state index < -0.39 is 6.01 Å². The van der Waals surface area contributed by atoms with Crippen LogP contribution in [0, 0.1) is 12.1 Å². The van der Waals surface area contributed by atoms with Crippen LogP contribution in [0.15, 0.2) is 12.3 Å². The highest BCUT2D eigenvalue weighted by Gasteiger charge is 2.02. The Morgan fingerprint density at radius 2 is 2.30 bits per heavy atom. The van der Waals surface area contributed by atoms with E-state index in [1.807, 2.05) is 0 Å². The molecule has 56 valence electrons. The molecule has 4 nitrogen and oxygen atoms in total. The van der Waals surface area contributed by atoms with Gasteiger partial charge in [-0.15, -0.1) is 12.4 Å². The van der Waals surface area contributed by atoms with E-state index in [4.69, 9.17) is 5.11 Å². The minimum absolute atomic E-state index is 0. The number of rotatable bonds is 0. The number of halogens is 1. The minimum Gasteiger partial charge on any atom is -0.708 e. The molecular weight excluding hydrogens is 156 g/mol. The summed E-state index contributed by atoms with van der Waals surface area (Å²) < 4.78 is 0.299. The van der Waals surface area contributed by atoms with Crippen molar-refractivity contribution in [3.63, 3.8) is 0 Å². The summed E-state index contributed by atoms with van der Waals surface area (Å²) in [6.07, 6.45) is 1.21. The molecule has 0 saturated heterocycles. The van der Waals surface area contributed by atoms with E-state index in [9.17, 15) is 5.21 Å². The first-order valence-corrected chi connectivity index (χ1v) is 2.46. The fraction of sp³-hybridized carbons (Fsp3) is 0.200. The van der Waals surface area contributed by atoms with Crippen LogP contribution >= 0.6 is 12.4 Å². The lowest BCUT2D eigenvalue weighted by Gasteiger charge is -1.97. The highest BCUT2D eigenvalue weighted by Crippen LogP contribution is 1.94. The van der Waals surface area contributed by atoms with Crippen LogP contribution in [0.4, 0.5) is 0 Å². The number of hydrogen-bond acceptors (Lipinski definition) is 3. The van der Waals surface area contributed by atoms with Gasteiger partial charge in [-0.25, -0.2) is 4.73 Å². The van der Waals surface area contributed by atoms with Crippen molar-refractivity contribution in [2.45, 2.75) is 6.92 Å². The van der Waals surface area contributed by atoms with E-state index in [0.29, 0.717) is 10.4 Å². The molecule has 0 spiro atoms. The molecule has 0 aliphatic rings. The molecule has 1 N–H and O–H groups in total. The van der Waals surface area contributed by atoms with Gasteiger partial charge in [-0.3, -0.25) is 0 Å². The predicted molar refractivity (Wildman–Crippen MR) is 36.8 cm³/mol. The smallest absolute Gasteiger partial charge is 0.499 e. The first kappa shape index (κ1) is 8.97. The Kier molecular flexibility index (Phi) is 2.89. The van der Waals surface area contributed by atoms with E-state index in [0.717, 1.165) is 0 Å². The summed E-state index contributed by atoms with van der Waals surface area (Å²) in [7, 11) is 0. The van der Waals surface area contributed by atoms with Crippen molar-refractivity contribution >= 4 is 12.4 Å². The van der Waals surface area contributed by atoms with Crippen molar-refractivity contribution in [1.82, 2.24) is 4.98 Å². The standard InChI is InChI=1S/C5H6N2O2.ClH/c1-4-2-3-7(9)5(8)6-4;/h2-3H,1H3,(H,6,8);1H. The zero-order chi connectivity index (χ0) is 6.85. The van der Waals surface area contributed by atoms with Crippen LogP contribution in [-0.2, 0) is 0 Å². The molecule has 0 aliphatic heterocycles. The average molecular weight is 163 g/mol. The maximum absolute atomic E-state index is 10.4. The third-order valence-electron chi connectivity index (χ3n) is 0.925. The molecule has 0 fully saturated rings. The molecule has 0 aromatic carbocycles. The normalized spacial score (nSPS) is 8.50. The second-order valence-electron chi connectivity index (χ2n) is 1.69. The molecule has 0 aliphatic carbocycles. The van der Waals surface area contributed by atoms with Gasteiger partial charge in [0, 0.05) is 13.0 Å². The number of nitrogens with zero attached hydrogens (tertiary/aromatic N) is 2. The predicted octanol–water partition coefficient (Wildman–Crippen LogP) is 0.151. The Morgan fingerprint density at radius 3 is 2.70 bits per heavy atom. The number of aromatic nitrogens is 2. The Bertz CT molecular complexity index is 229. The molecule has 1 aromatic rings. The van der Waals surface area contributed by atoms with Crippen LogP contribution in [-0.4, -0.2) is 10.1 Å². The summed E-state index contributed by atoms with van der Waals surface area (Å²) in [6, 6.07) is 1.02. The maximum atomic E-state index is 10.4. The number of aromatic hydroxyl groups is 1. The molecule has 1 rings (SSSR count). The number of aryl methyl sites for hydroxylation is 1. The monoisotopic (exact) mass is 162 g/mol. The van der Waals surface area contributed by atoms with E-state index in [2.05, 4.69) is 4.98 Å². The lowest BCUT2D eigenvalue weighted by Crippen LogP contribution is -2.26. The molecule has 5 heteroatoms. The summed E-state index contributed by atoms with van der Waals surface area (Å²) in [6.45, 7) is 1.69. The first-order valence-electron chi connectivity index (χ1n) is 2.46. The van der Waals surface area contributed by atoms with Crippen LogP contribution in [0.25, 0.3) is 0 Å².